The number of nitrogens with two attached hydrogens (primary N) is 1. The molecule has 2 rings (SSSR count). The van der Waals surface area contributed by atoms with Crippen LogP contribution in [0.3, 0.4) is 0 Å². The van der Waals surface area contributed by atoms with E-state index >= 15 is 0 Å². The molecule has 0 amide bonds. The van der Waals surface area contributed by atoms with Crippen molar-refractivity contribution in [1.29, 1.82) is 5.41 Å². The Kier molecular flexibility index (Phi) is 5.79. The molecule has 0 spiro atoms. The van der Waals surface area contributed by atoms with E-state index in [-0.39, 0.29) is 18.2 Å². The van der Waals surface area contributed by atoms with E-state index in [1.807, 2.05) is 24.3 Å². The number of nitrogen functional groups attached to an aromatic ring is 1. The Balaban J connectivity index is 0.00000180. The van der Waals surface area contributed by atoms with Gasteiger partial charge in [-0.25, -0.2) is 4.98 Å². The Morgan fingerprint density at radius 3 is 2.68 bits per heavy atom. The van der Waals surface area contributed by atoms with Crippen molar-refractivity contribution >= 4 is 34.2 Å². The van der Waals surface area contributed by atoms with Crippen LogP contribution in [0.15, 0.2) is 47.1 Å². The second kappa shape index (κ2) is 7.11. The molecule has 6 heteroatoms. The van der Waals surface area contributed by atoms with Crippen molar-refractivity contribution in [3.8, 4) is 5.88 Å². The summed E-state index contributed by atoms with van der Waals surface area (Å²) in [6.07, 6.45) is 1.61. The van der Waals surface area contributed by atoms with Crippen LogP contribution in [0.2, 0.25) is 0 Å². The molecular formula is C13H13BrClN3O. The molecule has 0 aliphatic carbocycles. The SMILES string of the molecule is Cl.N=C(N)c1cccnc1OCc1ccccc1Br. The molecule has 19 heavy (non-hydrogen) atoms. The van der Waals surface area contributed by atoms with Gasteiger partial charge in [-0.05, 0) is 18.2 Å². The summed E-state index contributed by atoms with van der Waals surface area (Å²) in [6, 6.07) is 11.2. The molecule has 3 N–H and O–H groups in total. The summed E-state index contributed by atoms with van der Waals surface area (Å²) in [6.45, 7) is 0.374. The van der Waals surface area contributed by atoms with Crippen molar-refractivity contribution in [2.45, 2.75) is 6.61 Å². The fourth-order valence-electron chi connectivity index (χ4n) is 1.47. The highest BCUT2D eigenvalue weighted by molar-refractivity contribution is 9.10. The highest BCUT2D eigenvalue weighted by atomic mass is 79.9. The normalized spacial score (nSPS) is 9.53. The second-order valence-corrected chi connectivity index (χ2v) is 4.50. The van der Waals surface area contributed by atoms with E-state index in [0.29, 0.717) is 18.1 Å². The summed E-state index contributed by atoms with van der Waals surface area (Å²) in [5.41, 5.74) is 6.98. The Morgan fingerprint density at radius 2 is 2.00 bits per heavy atom. The molecule has 0 saturated heterocycles. The summed E-state index contributed by atoms with van der Waals surface area (Å²) >= 11 is 3.45. The first kappa shape index (κ1) is 15.5. The van der Waals surface area contributed by atoms with Gasteiger partial charge in [0.25, 0.3) is 0 Å². The van der Waals surface area contributed by atoms with Crippen molar-refractivity contribution in [2.24, 2.45) is 5.73 Å². The maximum atomic E-state index is 7.45. The highest BCUT2D eigenvalue weighted by Crippen LogP contribution is 2.19. The molecule has 0 saturated carbocycles. The van der Waals surface area contributed by atoms with Crippen LogP contribution in [0.1, 0.15) is 11.1 Å². The van der Waals surface area contributed by atoms with Gasteiger partial charge < -0.3 is 10.5 Å². The largest absolute Gasteiger partial charge is 0.472 e. The van der Waals surface area contributed by atoms with Gasteiger partial charge in [0.1, 0.15) is 12.4 Å². The maximum absolute atomic E-state index is 7.45. The quantitative estimate of drug-likeness (QED) is 0.662. The van der Waals surface area contributed by atoms with Crippen molar-refractivity contribution in [3.05, 3.63) is 58.2 Å². The molecule has 0 atom stereocenters. The number of benzene rings is 1. The highest BCUT2D eigenvalue weighted by Gasteiger charge is 2.08. The molecule has 4 nitrogen and oxygen atoms in total. The van der Waals surface area contributed by atoms with Crippen LogP contribution in [0, 0.1) is 5.41 Å². The van der Waals surface area contributed by atoms with Crippen LogP contribution in [-0.2, 0) is 6.61 Å². The minimum Gasteiger partial charge on any atom is -0.472 e. The van der Waals surface area contributed by atoms with Gasteiger partial charge in [-0.2, -0.15) is 0 Å². The number of hydrogen-bond donors (Lipinski definition) is 2. The van der Waals surface area contributed by atoms with Crippen molar-refractivity contribution in [3.63, 3.8) is 0 Å². The van der Waals surface area contributed by atoms with E-state index in [1.54, 1.807) is 18.3 Å². The predicted molar refractivity (Wildman–Crippen MR) is 81.0 cm³/mol. The Hall–Kier alpha value is -1.59. The monoisotopic (exact) mass is 341 g/mol. The Bertz CT molecular complexity index is 577. The summed E-state index contributed by atoms with van der Waals surface area (Å²) in [5.74, 6) is 0.325. The second-order valence-electron chi connectivity index (χ2n) is 3.65. The van der Waals surface area contributed by atoms with Gasteiger partial charge >= 0.3 is 0 Å². The standard InChI is InChI=1S/C13H12BrN3O.ClH/c14-11-6-2-1-4-9(11)8-18-13-10(12(15)16)5-3-7-17-13;/h1-7H,8H2,(H3,15,16);1H. The van der Waals surface area contributed by atoms with Gasteiger partial charge in [0, 0.05) is 16.2 Å². The van der Waals surface area contributed by atoms with Crippen LogP contribution in [0.5, 0.6) is 5.88 Å². The number of aromatic nitrogens is 1. The lowest BCUT2D eigenvalue weighted by Crippen LogP contribution is -2.13. The molecule has 0 bridgehead atoms. The van der Waals surface area contributed by atoms with Crippen LogP contribution in [-0.4, -0.2) is 10.8 Å². The molecule has 2 aromatic rings. The smallest absolute Gasteiger partial charge is 0.224 e. The van der Waals surface area contributed by atoms with Crippen molar-refractivity contribution < 1.29 is 4.74 Å². The number of hydrogen-bond acceptors (Lipinski definition) is 3. The molecule has 1 aromatic carbocycles. The third-order valence-electron chi connectivity index (χ3n) is 2.38. The van der Waals surface area contributed by atoms with E-state index in [1.165, 1.54) is 0 Å². The van der Waals surface area contributed by atoms with Gasteiger partial charge in [-0.3, -0.25) is 5.41 Å². The van der Waals surface area contributed by atoms with Gasteiger partial charge in [0.05, 0.1) is 5.56 Å². The van der Waals surface area contributed by atoms with Crippen LogP contribution < -0.4 is 10.5 Å². The zero-order chi connectivity index (χ0) is 13.0. The topological polar surface area (TPSA) is 72.0 Å². The number of halogens is 2. The van der Waals surface area contributed by atoms with E-state index in [9.17, 15) is 0 Å². The fourth-order valence-corrected chi connectivity index (χ4v) is 1.87. The third-order valence-corrected chi connectivity index (χ3v) is 3.16. The van der Waals surface area contributed by atoms with E-state index in [0.717, 1.165) is 10.0 Å². The number of nitrogens with one attached hydrogen (secondary N) is 1. The van der Waals surface area contributed by atoms with Crippen LogP contribution in [0.25, 0.3) is 0 Å². The summed E-state index contributed by atoms with van der Waals surface area (Å²) in [4.78, 5) is 4.09. The fraction of sp³-hybridized carbons (Fsp3) is 0.0769. The average molecular weight is 343 g/mol. The molecule has 0 radical (unpaired) electrons. The van der Waals surface area contributed by atoms with Gasteiger partial charge in [0.15, 0.2) is 0 Å². The van der Waals surface area contributed by atoms with E-state index in [4.69, 9.17) is 15.9 Å². The molecular weight excluding hydrogens is 330 g/mol. The molecule has 0 unspecified atom stereocenters. The predicted octanol–water partition coefficient (Wildman–Crippen LogP) is 3.13. The molecule has 0 fully saturated rings. The molecule has 0 aliphatic rings. The first-order valence-corrected chi connectivity index (χ1v) is 6.13. The maximum Gasteiger partial charge on any atom is 0.224 e. The minimum absolute atomic E-state index is 0. The van der Waals surface area contributed by atoms with Gasteiger partial charge in [0.2, 0.25) is 5.88 Å². The summed E-state index contributed by atoms with van der Waals surface area (Å²) < 4.78 is 6.58. The number of amidine groups is 1. The van der Waals surface area contributed by atoms with Crippen LogP contribution >= 0.6 is 28.3 Å². The number of ether oxygens (including phenoxy) is 1. The molecule has 1 aromatic heterocycles. The number of pyridine rings is 1. The van der Waals surface area contributed by atoms with Crippen LogP contribution in [0.4, 0.5) is 0 Å². The van der Waals surface area contributed by atoms with E-state index < -0.39 is 0 Å². The summed E-state index contributed by atoms with van der Waals surface area (Å²) in [7, 11) is 0. The number of rotatable bonds is 4. The zero-order valence-corrected chi connectivity index (χ0v) is 12.4. The Labute approximate surface area is 126 Å². The zero-order valence-electron chi connectivity index (χ0n) is 9.97. The lowest BCUT2D eigenvalue weighted by Gasteiger charge is -2.10. The minimum atomic E-state index is -0.0507. The van der Waals surface area contributed by atoms with Gasteiger partial charge in [-0.1, -0.05) is 34.1 Å². The van der Waals surface area contributed by atoms with Crippen molar-refractivity contribution in [2.75, 3.05) is 0 Å². The third kappa shape index (κ3) is 3.94. The van der Waals surface area contributed by atoms with E-state index in [2.05, 4.69) is 20.9 Å². The molecule has 0 aliphatic heterocycles. The lowest BCUT2D eigenvalue weighted by atomic mass is 10.2. The first-order chi connectivity index (χ1) is 8.68. The first-order valence-electron chi connectivity index (χ1n) is 5.34. The Morgan fingerprint density at radius 1 is 1.26 bits per heavy atom. The average Bonchev–Trinajstić information content (AvgIpc) is 2.38. The summed E-state index contributed by atoms with van der Waals surface area (Å²) in [5, 5.41) is 7.45. The van der Waals surface area contributed by atoms with Gasteiger partial charge in [-0.15, -0.1) is 12.4 Å². The molecule has 1 heterocycles. The number of nitrogens with zero attached hydrogens (tertiary/aromatic N) is 1. The lowest BCUT2D eigenvalue weighted by molar-refractivity contribution is 0.292. The van der Waals surface area contributed by atoms with Crippen molar-refractivity contribution in [1.82, 2.24) is 4.98 Å². The molecule has 100 valence electrons.